The molecule has 8 nitrogen and oxygen atoms in total. The van der Waals surface area contributed by atoms with E-state index in [1.165, 1.54) is 0 Å². The molecule has 1 aromatic carbocycles. The summed E-state index contributed by atoms with van der Waals surface area (Å²) in [6.07, 6.45) is 1.93. The molecule has 2 aliphatic rings. The van der Waals surface area contributed by atoms with Crippen molar-refractivity contribution in [1.82, 2.24) is 5.32 Å². The maximum absolute atomic E-state index is 12.4. The van der Waals surface area contributed by atoms with Crippen molar-refractivity contribution in [2.75, 3.05) is 38.2 Å². The van der Waals surface area contributed by atoms with Gasteiger partial charge in [-0.2, -0.15) is 5.26 Å². The number of carbonyl (C=O) groups excluding carboxylic acids is 2. The van der Waals surface area contributed by atoms with Gasteiger partial charge in [0.05, 0.1) is 12.6 Å². The minimum atomic E-state index is -0.816. The fraction of sp³-hybridized carbons (Fsp3) is 0.550. The second-order valence-electron chi connectivity index (χ2n) is 7.50. The van der Waals surface area contributed by atoms with Crippen LogP contribution in [0.15, 0.2) is 18.2 Å². The van der Waals surface area contributed by atoms with Gasteiger partial charge in [0.2, 0.25) is 0 Å². The summed E-state index contributed by atoms with van der Waals surface area (Å²) < 4.78 is 11.0. The zero-order chi connectivity index (χ0) is 20.1. The molecular formula is C20H27N4O4+. The molecule has 2 amide bonds. The van der Waals surface area contributed by atoms with Gasteiger partial charge >= 0.3 is 0 Å². The van der Waals surface area contributed by atoms with E-state index < -0.39 is 5.54 Å². The second-order valence-corrected chi connectivity index (χ2v) is 7.50. The van der Waals surface area contributed by atoms with Crippen LogP contribution < -0.4 is 25.0 Å². The number of nitriles is 1. The zero-order valence-electron chi connectivity index (χ0n) is 16.3. The first kappa shape index (κ1) is 20.0. The SMILES string of the molecule is CC[NH+](CC(=O)Nc1ccc2c(c1)OCCO2)CC(=O)N[C@@](C)(C#N)C1CC1. The Labute approximate surface area is 164 Å². The third-order valence-electron chi connectivity index (χ3n) is 5.17. The lowest BCUT2D eigenvalue weighted by atomic mass is 9.98. The van der Waals surface area contributed by atoms with E-state index in [9.17, 15) is 14.9 Å². The number of ether oxygens (including phenoxy) is 2. The molecule has 8 heteroatoms. The lowest BCUT2D eigenvalue weighted by Gasteiger charge is -2.24. The van der Waals surface area contributed by atoms with Crippen LogP contribution in [-0.2, 0) is 9.59 Å². The predicted molar refractivity (Wildman–Crippen MR) is 102 cm³/mol. The molecule has 3 rings (SSSR count). The number of fused-ring (bicyclic) bond motifs is 1. The summed E-state index contributed by atoms with van der Waals surface area (Å²) in [6.45, 7) is 5.61. The van der Waals surface area contributed by atoms with E-state index in [-0.39, 0.29) is 30.8 Å². The normalized spacial score (nSPS) is 18.3. The van der Waals surface area contributed by atoms with Crippen LogP contribution in [0.1, 0.15) is 26.7 Å². The summed E-state index contributed by atoms with van der Waals surface area (Å²) in [7, 11) is 0. The summed E-state index contributed by atoms with van der Waals surface area (Å²) in [6, 6.07) is 7.48. The highest BCUT2D eigenvalue weighted by Crippen LogP contribution is 2.39. The minimum Gasteiger partial charge on any atom is -0.486 e. The largest absolute Gasteiger partial charge is 0.486 e. The van der Waals surface area contributed by atoms with Gasteiger partial charge in [0, 0.05) is 11.8 Å². The van der Waals surface area contributed by atoms with Crippen molar-refractivity contribution in [3.05, 3.63) is 18.2 Å². The molecule has 1 heterocycles. The second kappa shape index (κ2) is 8.48. The number of likely N-dealkylation sites (N-methyl/N-ethyl adjacent to an activating group) is 1. The molecular weight excluding hydrogens is 360 g/mol. The van der Waals surface area contributed by atoms with Crippen molar-refractivity contribution in [1.29, 1.82) is 5.26 Å². The number of rotatable bonds is 8. The molecule has 0 bridgehead atoms. The molecule has 1 fully saturated rings. The molecule has 0 radical (unpaired) electrons. The van der Waals surface area contributed by atoms with Crippen LogP contribution in [0.3, 0.4) is 0 Å². The topological polar surface area (TPSA) is 105 Å². The molecule has 1 aromatic rings. The van der Waals surface area contributed by atoms with Crippen molar-refractivity contribution in [3.8, 4) is 17.6 Å². The van der Waals surface area contributed by atoms with E-state index in [1.807, 2.05) is 6.92 Å². The van der Waals surface area contributed by atoms with Gasteiger partial charge in [0.15, 0.2) is 24.6 Å². The van der Waals surface area contributed by atoms with Crippen LogP contribution >= 0.6 is 0 Å². The van der Waals surface area contributed by atoms with E-state index in [1.54, 1.807) is 25.1 Å². The Kier molecular flexibility index (Phi) is 6.05. The summed E-state index contributed by atoms with van der Waals surface area (Å²) in [5, 5.41) is 15.1. The van der Waals surface area contributed by atoms with E-state index in [0.717, 1.165) is 17.7 Å². The molecule has 0 spiro atoms. The van der Waals surface area contributed by atoms with Crippen LogP contribution in [0.5, 0.6) is 11.5 Å². The molecule has 1 aliphatic carbocycles. The third kappa shape index (κ3) is 4.93. The number of nitrogens with one attached hydrogen (secondary N) is 3. The lowest BCUT2D eigenvalue weighted by Crippen LogP contribution is -3.14. The standard InChI is InChI=1S/C20H26N4O4/c1-3-24(12-19(26)23-20(2,13-21)14-4-5-14)11-18(25)22-15-6-7-16-17(10-15)28-9-8-27-16/h6-7,10,14H,3-5,8-9,11-12H2,1-2H3,(H,22,25)(H,23,26)/p+1/t20-/m0/s1. The maximum atomic E-state index is 12.4. The minimum absolute atomic E-state index is 0.148. The highest BCUT2D eigenvalue weighted by Gasteiger charge is 2.43. The number of amides is 2. The monoisotopic (exact) mass is 387 g/mol. The number of benzene rings is 1. The first-order valence-corrected chi connectivity index (χ1v) is 9.69. The predicted octanol–water partition coefficient (Wildman–Crippen LogP) is 0.110. The summed E-state index contributed by atoms with van der Waals surface area (Å²) in [5.41, 5.74) is -0.191. The molecule has 3 N–H and O–H groups in total. The van der Waals surface area contributed by atoms with Crippen LogP contribution in [0.2, 0.25) is 0 Å². The number of hydrogen-bond donors (Lipinski definition) is 3. The summed E-state index contributed by atoms with van der Waals surface area (Å²) in [5.74, 6) is 1.11. The number of carbonyl (C=O) groups is 2. The Balaban J connectivity index is 1.51. The van der Waals surface area contributed by atoms with Gasteiger partial charge in [0.25, 0.3) is 11.8 Å². The first-order chi connectivity index (χ1) is 13.4. The van der Waals surface area contributed by atoms with Gasteiger partial charge in [-0.3, -0.25) is 9.59 Å². The van der Waals surface area contributed by atoms with Crippen molar-refractivity contribution >= 4 is 17.5 Å². The summed E-state index contributed by atoms with van der Waals surface area (Å²) in [4.78, 5) is 25.6. The Morgan fingerprint density at radius 3 is 2.54 bits per heavy atom. The van der Waals surface area contributed by atoms with Crippen LogP contribution in [0, 0.1) is 17.2 Å². The van der Waals surface area contributed by atoms with Crippen molar-refractivity contribution < 1.29 is 24.0 Å². The van der Waals surface area contributed by atoms with E-state index in [2.05, 4.69) is 16.7 Å². The molecule has 1 saturated carbocycles. The molecule has 1 unspecified atom stereocenters. The number of quaternary nitrogens is 1. The molecule has 0 aromatic heterocycles. The Bertz CT molecular complexity index is 787. The van der Waals surface area contributed by atoms with Crippen LogP contribution in [-0.4, -0.2) is 50.2 Å². The van der Waals surface area contributed by atoms with Crippen LogP contribution in [0.4, 0.5) is 5.69 Å². The van der Waals surface area contributed by atoms with Crippen molar-refractivity contribution in [2.24, 2.45) is 5.92 Å². The average Bonchev–Trinajstić information content (AvgIpc) is 3.53. The van der Waals surface area contributed by atoms with Gasteiger partial charge in [-0.15, -0.1) is 0 Å². The Morgan fingerprint density at radius 2 is 1.89 bits per heavy atom. The van der Waals surface area contributed by atoms with Gasteiger partial charge in [0.1, 0.15) is 18.8 Å². The Morgan fingerprint density at radius 1 is 1.21 bits per heavy atom. The highest BCUT2D eigenvalue weighted by molar-refractivity contribution is 5.92. The fourth-order valence-corrected chi connectivity index (χ4v) is 3.31. The third-order valence-corrected chi connectivity index (χ3v) is 5.17. The first-order valence-electron chi connectivity index (χ1n) is 9.69. The number of anilines is 1. The zero-order valence-corrected chi connectivity index (χ0v) is 16.3. The van der Waals surface area contributed by atoms with Gasteiger partial charge in [-0.05, 0) is 44.7 Å². The smallest absolute Gasteiger partial charge is 0.279 e. The van der Waals surface area contributed by atoms with E-state index in [4.69, 9.17) is 9.47 Å². The number of nitrogens with zero attached hydrogens (tertiary/aromatic N) is 1. The lowest BCUT2D eigenvalue weighted by molar-refractivity contribution is -0.881. The average molecular weight is 387 g/mol. The van der Waals surface area contributed by atoms with Gasteiger partial charge in [-0.1, -0.05) is 0 Å². The van der Waals surface area contributed by atoms with Gasteiger partial charge < -0.3 is 25.0 Å². The molecule has 1 aliphatic heterocycles. The highest BCUT2D eigenvalue weighted by atomic mass is 16.6. The maximum Gasteiger partial charge on any atom is 0.279 e. The quantitative estimate of drug-likeness (QED) is 0.587. The summed E-state index contributed by atoms with van der Waals surface area (Å²) >= 11 is 0. The van der Waals surface area contributed by atoms with Crippen molar-refractivity contribution in [2.45, 2.75) is 32.2 Å². The fourth-order valence-electron chi connectivity index (χ4n) is 3.31. The molecule has 28 heavy (non-hydrogen) atoms. The van der Waals surface area contributed by atoms with E-state index >= 15 is 0 Å². The van der Waals surface area contributed by atoms with Crippen LogP contribution in [0.25, 0.3) is 0 Å². The number of hydrogen-bond acceptors (Lipinski definition) is 5. The van der Waals surface area contributed by atoms with Gasteiger partial charge in [-0.25, -0.2) is 0 Å². The molecule has 2 atom stereocenters. The molecule has 150 valence electrons. The van der Waals surface area contributed by atoms with Crippen molar-refractivity contribution in [3.63, 3.8) is 0 Å². The Hall–Kier alpha value is -2.79. The van der Waals surface area contributed by atoms with E-state index in [0.29, 0.717) is 36.9 Å². The molecule has 0 saturated heterocycles.